The number of sulfone groups is 1. The maximum absolute atomic E-state index is 11.7. The number of amides is 1. The molecular formula is C15H23NO3S2. The van der Waals surface area contributed by atoms with E-state index in [4.69, 9.17) is 5.73 Å². The molecule has 0 saturated carbocycles. The largest absolute Gasteiger partial charge is 0.370 e. The molecule has 0 fully saturated rings. The van der Waals surface area contributed by atoms with Crippen LogP contribution in [0.25, 0.3) is 0 Å². The topological polar surface area (TPSA) is 77.2 Å². The highest BCUT2D eigenvalue weighted by Crippen LogP contribution is 2.25. The van der Waals surface area contributed by atoms with E-state index in [2.05, 4.69) is 32.9 Å². The van der Waals surface area contributed by atoms with Crippen molar-refractivity contribution in [2.24, 2.45) is 5.73 Å². The lowest BCUT2D eigenvalue weighted by molar-refractivity contribution is -0.117. The van der Waals surface area contributed by atoms with E-state index >= 15 is 0 Å². The molecule has 1 aromatic rings. The van der Waals surface area contributed by atoms with E-state index in [1.807, 2.05) is 12.1 Å². The standard InChI is InChI=1S/C15H23NO3S2/c1-15(2,3)12-4-6-13(7-5-12)20-9-11-21(18,19)10-8-14(16)17/h4-7H,8-11H2,1-3H3,(H2,16,17). The number of hydrogen-bond donors (Lipinski definition) is 1. The molecule has 0 heterocycles. The van der Waals surface area contributed by atoms with Crippen molar-refractivity contribution in [1.82, 2.24) is 0 Å². The summed E-state index contributed by atoms with van der Waals surface area (Å²) < 4.78 is 23.4. The average Bonchev–Trinajstić information content (AvgIpc) is 2.36. The third kappa shape index (κ3) is 7.00. The molecule has 1 amide bonds. The van der Waals surface area contributed by atoms with Crippen LogP contribution in [0, 0.1) is 0 Å². The van der Waals surface area contributed by atoms with Gasteiger partial charge < -0.3 is 5.73 Å². The highest BCUT2D eigenvalue weighted by Gasteiger charge is 2.14. The first kappa shape index (κ1) is 18.0. The molecule has 2 N–H and O–H groups in total. The molecule has 4 nitrogen and oxygen atoms in total. The number of primary amides is 1. The van der Waals surface area contributed by atoms with Gasteiger partial charge in [-0.2, -0.15) is 0 Å². The minimum Gasteiger partial charge on any atom is -0.370 e. The fraction of sp³-hybridized carbons (Fsp3) is 0.533. The lowest BCUT2D eigenvalue weighted by atomic mass is 9.87. The fourth-order valence-corrected chi connectivity index (χ4v) is 4.33. The summed E-state index contributed by atoms with van der Waals surface area (Å²) in [5, 5.41) is 0. The SMILES string of the molecule is CC(C)(C)c1ccc(SCCS(=O)(=O)CCC(N)=O)cc1. The van der Waals surface area contributed by atoms with Gasteiger partial charge in [-0.3, -0.25) is 4.79 Å². The second kappa shape index (κ2) is 7.31. The number of thioether (sulfide) groups is 1. The molecule has 1 aromatic carbocycles. The Balaban J connectivity index is 2.47. The first-order chi connectivity index (χ1) is 9.60. The van der Waals surface area contributed by atoms with E-state index in [1.54, 1.807) is 0 Å². The van der Waals surface area contributed by atoms with Crippen molar-refractivity contribution >= 4 is 27.5 Å². The smallest absolute Gasteiger partial charge is 0.218 e. The molecule has 21 heavy (non-hydrogen) atoms. The average molecular weight is 329 g/mol. The van der Waals surface area contributed by atoms with Gasteiger partial charge in [-0.05, 0) is 23.1 Å². The van der Waals surface area contributed by atoms with Gasteiger partial charge in [0.2, 0.25) is 5.91 Å². The van der Waals surface area contributed by atoms with Gasteiger partial charge in [-0.25, -0.2) is 8.42 Å². The molecule has 1 rings (SSSR count). The lowest BCUT2D eigenvalue weighted by Gasteiger charge is -2.19. The summed E-state index contributed by atoms with van der Waals surface area (Å²) in [5.41, 5.74) is 6.32. The maximum atomic E-state index is 11.7. The van der Waals surface area contributed by atoms with Gasteiger partial charge in [0.15, 0.2) is 9.84 Å². The molecule has 0 aliphatic rings. The van der Waals surface area contributed by atoms with Gasteiger partial charge in [0, 0.05) is 17.1 Å². The van der Waals surface area contributed by atoms with Crippen LogP contribution in [0.4, 0.5) is 0 Å². The molecule has 0 aromatic heterocycles. The third-order valence-corrected chi connectivity index (χ3v) is 5.97. The van der Waals surface area contributed by atoms with Crippen molar-refractivity contribution in [3.05, 3.63) is 29.8 Å². The normalized spacial score (nSPS) is 12.3. The van der Waals surface area contributed by atoms with Crippen molar-refractivity contribution in [3.8, 4) is 0 Å². The zero-order chi connectivity index (χ0) is 16.1. The Labute approximate surface area is 131 Å². The van der Waals surface area contributed by atoms with Gasteiger partial charge in [0.1, 0.15) is 0 Å². The molecule has 0 unspecified atom stereocenters. The molecule has 6 heteroatoms. The second-order valence-corrected chi connectivity index (χ2v) is 9.46. The minimum atomic E-state index is -3.20. The van der Waals surface area contributed by atoms with Gasteiger partial charge in [0.05, 0.1) is 11.5 Å². The Hall–Kier alpha value is -1.01. The number of nitrogens with two attached hydrogens (primary N) is 1. The van der Waals surface area contributed by atoms with Crippen LogP contribution in [0.5, 0.6) is 0 Å². The molecular weight excluding hydrogens is 306 g/mol. The van der Waals surface area contributed by atoms with E-state index in [0.717, 1.165) is 4.90 Å². The third-order valence-electron chi connectivity index (χ3n) is 3.04. The molecule has 0 aliphatic carbocycles. The summed E-state index contributed by atoms with van der Waals surface area (Å²) in [5.74, 6) is -0.197. The van der Waals surface area contributed by atoms with Crippen molar-refractivity contribution in [3.63, 3.8) is 0 Å². The van der Waals surface area contributed by atoms with E-state index in [0.29, 0.717) is 5.75 Å². The predicted octanol–water partition coefficient (Wildman–Crippen LogP) is 2.37. The molecule has 0 saturated heterocycles. The molecule has 0 aliphatic heterocycles. The first-order valence-electron chi connectivity index (χ1n) is 6.82. The summed E-state index contributed by atoms with van der Waals surface area (Å²) in [6.45, 7) is 6.46. The van der Waals surface area contributed by atoms with Crippen molar-refractivity contribution in [1.29, 1.82) is 0 Å². The summed E-state index contributed by atoms with van der Waals surface area (Å²) in [6, 6.07) is 8.18. The van der Waals surface area contributed by atoms with Crippen LogP contribution >= 0.6 is 11.8 Å². The van der Waals surface area contributed by atoms with Crippen molar-refractivity contribution in [2.75, 3.05) is 17.3 Å². The number of carbonyl (C=O) groups is 1. The van der Waals surface area contributed by atoms with Crippen molar-refractivity contribution in [2.45, 2.75) is 37.5 Å². The van der Waals surface area contributed by atoms with Crippen LogP contribution in [0.2, 0.25) is 0 Å². The molecule has 0 atom stereocenters. The quantitative estimate of drug-likeness (QED) is 0.779. The Morgan fingerprint density at radius 1 is 1.14 bits per heavy atom. The molecule has 118 valence electrons. The molecule has 0 spiro atoms. The lowest BCUT2D eigenvalue weighted by Crippen LogP contribution is -2.19. The Kier molecular flexibility index (Phi) is 6.28. The Bertz CT molecular complexity index is 572. The number of carbonyl (C=O) groups excluding carboxylic acids is 1. The monoisotopic (exact) mass is 329 g/mol. The highest BCUT2D eigenvalue weighted by atomic mass is 32.2. The zero-order valence-corrected chi connectivity index (χ0v) is 14.4. The van der Waals surface area contributed by atoms with Crippen LogP contribution in [0.15, 0.2) is 29.2 Å². The summed E-state index contributed by atoms with van der Waals surface area (Å²) >= 11 is 1.51. The first-order valence-corrected chi connectivity index (χ1v) is 9.63. The second-order valence-electron chi connectivity index (χ2n) is 5.99. The van der Waals surface area contributed by atoms with Crippen LogP contribution < -0.4 is 5.73 Å². The Morgan fingerprint density at radius 3 is 2.19 bits per heavy atom. The summed E-state index contributed by atoms with van der Waals surface area (Å²) in [4.78, 5) is 11.7. The van der Waals surface area contributed by atoms with E-state index in [9.17, 15) is 13.2 Å². The maximum Gasteiger partial charge on any atom is 0.218 e. The van der Waals surface area contributed by atoms with Crippen LogP contribution in [0.1, 0.15) is 32.8 Å². The van der Waals surface area contributed by atoms with Gasteiger partial charge in [0.25, 0.3) is 0 Å². The van der Waals surface area contributed by atoms with E-state index < -0.39 is 15.7 Å². The molecule has 0 bridgehead atoms. The molecule has 0 radical (unpaired) electrons. The summed E-state index contributed by atoms with van der Waals surface area (Å²) in [6.07, 6.45) is -0.104. The fourth-order valence-electron chi connectivity index (χ4n) is 1.70. The van der Waals surface area contributed by atoms with Crippen molar-refractivity contribution < 1.29 is 13.2 Å². The van der Waals surface area contributed by atoms with Gasteiger partial charge >= 0.3 is 0 Å². The van der Waals surface area contributed by atoms with Crippen LogP contribution in [-0.2, 0) is 20.0 Å². The van der Waals surface area contributed by atoms with Gasteiger partial charge in [-0.1, -0.05) is 32.9 Å². The van der Waals surface area contributed by atoms with E-state index in [-0.39, 0.29) is 23.3 Å². The highest BCUT2D eigenvalue weighted by molar-refractivity contribution is 8.00. The number of benzene rings is 1. The zero-order valence-electron chi connectivity index (χ0n) is 12.8. The van der Waals surface area contributed by atoms with Gasteiger partial charge in [-0.15, -0.1) is 11.8 Å². The van der Waals surface area contributed by atoms with E-state index in [1.165, 1.54) is 17.3 Å². The number of hydrogen-bond acceptors (Lipinski definition) is 4. The predicted molar refractivity (Wildman–Crippen MR) is 88.3 cm³/mol. The van der Waals surface area contributed by atoms with Crippen LogP contribution in [0.3, 0.4) is 0 Å². The minimum absolute atomic E-state index is 0.0615. The summed E-state index contributed by atoms with van der Waals surface area (Å²) in [7, 11) is -3.20. The Morgan fingerprint density at radius 2 is 1.71 bits per heavy atom. The van der Waals surface area contributed by atoms with Crippen LogP contribution in [-0.4, -0.2) is 31.6 Å². The number of rotatable bonds is 7.